The van der Waals surface area contributed by atoms with Crippen molar-refractivity contribution in [3.05, 3.63) is 29.5 Å². The minimum absolute atomic E-state index is 0. The van der Waals surface area contributed by atoms with Crippen molar-refractivity contribution in [3.63, 3.8) is 0 Å². The molecular formula is C12H22Cl2NOSiZr. The van der Waals surface area contributed by atoms with Gasteiger partial charge in [0.15, 0.2) is 0 Å². The van der Waals surface area contributed by atoms with Gasteiger partial charge in [-0.2, -0.15) is 6.08 Å². The summed E-state index contributed by atoms with van der Waals surface area (Å²) in [5, 5.41) is 0. The molecule has 2 nitrogen and oxygen atoms in total. The van der Waals surface area contributed by atoms with Crippen LogP contribution >= 0.6 is 0 Å². The SMILES string of the molecule is CC1=CC[C-]=C1.CCCC([NH-])=O.C[SiH]C.[Cl-].[Cl-].[Zr+4]. The predicted molar refractivity (Wildman–Crippen MR) is 69.3 cm³/mol. The van der Waals surface area contributed by atoms with Crippen LogP contribution in [-0.4, -0.2) is 15.4 Å². The second-order valence-corrected chi connectivity index (χ2v) is 4.41. The monoisotopic (exact) mass is 384 g/mol. The fourth-order valence-corrected chi connectivity index (χ4v) is 0.726. The topological polar surface area (TPSA) is 40.9 Å². The van der Waals surface area contributed by atoms with E-state index in [1.165, 1.54) is 5.57 Å². The van der Waals surface area contributed by atoms with Crippen molar-refractivity contribution in [2.45, 2.75) is 46.2 Å². The first kappa shape index (κ1) is 31.2. The maximum atomic E-state index is 9.71. The third-order valence-corrected chi connectivity index (χ3v) is 1.35. The quantitative estimate of drug-likeness (QED) is 0.385. The maximum Gasteiger partial charge on any atom is 4.00 e. The van der Waals surface area contributed by atoms with Crippen molar-refractivity contribution in [3.8, 4) is 0 Å². The molecule has 0 heterocycles. The van der Waals surface area contributed by atoms with Gasteiger partial charge in [0.05, 0.1) is 0 Å². The van der Waals surface area contributed by atoms with Crippen molar-refractivity contribution < 1.29 is 55.8 Å². The van der Waals surface area contributed by atoms with E-state index in [4.69, 9.17) is 5.73 Å². The van der Waals surface area contributed by atoms with Gasteiger partial charge in [0.25, 0.3) is 0 Å². The molecule has 1 amide bonds. The number of rotatable bonds is 2. The number of amides is 1. The molecule has 1 N–H and O–H groups in total. The average Bonchev–Trinajstić information content (AvgIpc) is 2.58. The van der Waals surface area contributed by atoms with Gasteiger partial charge in [0, 0.05) is 15.4 Å². The van der Waals surface area contributed by atoms with Crippen LogP contribution in [0.4, 0.5) is 0 Å². The van der Waals surface area contributed by atoms with Gasteiger partial charge in [-0.05, 0) is 6.42 Å². The van der Waals surface area contributed by atoms with Crippen molar-refractivity contribution >= 4 is 15.4 Å². The number of hydrogen-bond donors (Lipinski definition) is 0. The van der Waals surface area contributed by atoms with Crippen molar-refractivity contribution in [2.75, 3.05) is 0 Å². The smallest absolute Gasteiger partial charge is 1.00 e. The van der Waals surface area contributed by atoms with E-state index < -0.39 is 5.91 Å². The van der Waals surface area contributed by atoms with Crippen LogP contribution < -0.4 is 24.8 Å². The molecule has 0 aliphatic heterocycles. The largest absolute Gasteiger partial charge is 4.00 e. The molecule has 0 aromatic heterocycles. The Hall–Kier alpha value is 0.630. The molecule has 0 atom stereocenters. The molecule has 0 fully saturated rings. The normalized spacial score (nSPS) is 9.89. The van der Waals surface area contributed by atoms with E-state index in [0.29, 0.717) is 6.42 Å². The van der Waals surface area contributed by atoms with Crippen LogP contribution in [0.3, 0.4) is 0 Å². The molecule has 1 aliphatic rings. The standard InChI is InChI=1S/C6H7.C4H9NO.C2H7Si.2ClH.Zr/c1-6-4-2-3-5-6;1-2-3-4(5)6;1-3-2;;;/h4-5H,2H2,1H3;2-3H2,1H3,(H2,5,6);3H,1-2H3;2*1H;/q-1;;;;;+4/p-3. The van der Waals surface area contributed by atoms with Crippen LogP contribution in [0.25, 0.3) is 5.73 Å². The van der Waals surface area contributed by atoms with Crippen LogP contribution in [0.1, 0.15) is 33.1 Å². The van der Waals surface area contributed by atoms with E-state index >= 15 is 0 Å². The summed E-state index contributed by atoms with van der Waals surface area (Å²) < 4.78 is 0. The van der Waals surface area contributed by atoms with E-state index in [9.17, 15) is 4.79 Å². The summed E-state index contributed by atoms with van der Waals surface area (Å²) in [7, 11) is 0.750. The van der Waals surface area contributed by atoms with E-state index in [1.54, 1.807) is 0 Å². The summed E-state index contributed by atoms with van der Waals surface area (Å²) in [4.78, 5) is 9.71. The Morgan fingerprint density at radius 2 is 1.89 bits per heavy atom. The number of hydrogen-bond acceptors (Lipinski definition) is 1. The van der Waals surface area contributed by atoms with Gasteiger partial charge in [0.2, 0.25) is 0 Å². The molecule has 0 bridgehead atoms. The zero-order valence-corrected chi connectivity index (χ0v) is 16.6. The zero-order valence-electron chi connectivity index (χ0n) is 11.5. The van der Waals surface area contributed by atoms with Gasteiger partial charge in [-0.25, -0.2) is 11.6 Å². The summed E-state index contributed by atoms with van der Waals surface area (Å²) in [5.74, 6) is -0.461. The molecule has 6 heteroatoms. The summed E-state index contributed by atoms with van der Waals surface area (Å²) in [5.41, 5.74) is 7.68. The Morgan fingerprint density at radius 1 is 1.44 bits per heavy atom. The van der Waals surface area contributed by atoms with Gasteiger partial charge in [-0.15, -0.1) is 13.3 Å². The molecule has 0 aromatic carbocycles. The summed E-state index contributed by atoms with van der Waals surface area (Å²) >= 11 is 0. The first-order chi connectivity index (χ1) is 7.08. The Kier molecular flexibility index (Phi) is 45.4. The Labute approximate surface area is 146 Å². The maximum absolute atomic E-state index is 9.71. The van der Waals surface area contributed by atoms with E-state index in [-0.39, 0.29) is 51.0 Å². The van der Waals surface area contributed by atoms with Gasteiger partial charge < -0.3 is 35.3 Å². The van der Waals surface area contributed by atoms with Crippen molar-refractivity contribution in [1.29, 1.82) is 0 Å². The molecule has 0 spiro atoms. The van der Waals surface area contributed by atoms with Crippen molar-refractivity contribution in [2.24, 2.45) is 0 Å². The van der Waals surface area contributed by atoms with Gasteiger partial charge in [0.1, 0.15) is 0 Å². The van der Waals surface area contributed by atoms with E-state index in [1.807, 2.05) is 13.0 Å². The molecule has 0 saturated heterocycles. The van der Waals surface area contributed by atoms with Gasteiger partial charge in [-0.1, -0.05) is 26.4 Å². The summed E-state index contributed by atoms with van der Waals surface area (Å²) in [6.07, 6.45) is 9.44. The molecular weight excluding hydrogens is 364 g/mol. The fourth-order valence-electron chi connectivity index (χ4n) is 0.726. The minimum Gasteiger partial charge on any atom is -1.00 e. The molecule has 1 rings (SSSR count). The molecule has 0 unspecified atom stereocenters. The fraction of sp³-hybridized carbons (Fsp3) is 0.583. The van der Waals surface area contributed by atoms with E-state index in [2.05, 4.69) is 32.2 Å². The Bertz CT molecular complexity index is 221. The third kappa shape index (κ3) is 36.0. The summed E-state index contributed by atoms with van der Waals surface area (Å²) in [6.45, 7) is 8.38. The Morgan fingerprint density at radius 3 is 1.94 bits per heavy atom. The van der Waals surface area contributed by atoms with Crippen molar-refractivity contribution in [1.82, 2.24) is 0 Å². The molecule has 0 saturated carbocycles. The van der Waals surface area contributed by atoms with Gasteiger partial charge in [-0.3, -0.25) is 6.08 Å². The molecule has 103 valence electrons. The molecule has 0 aromatic rings. The zero-order chi connectivity index (χ0) is 12.1. The van der Waals surface area contributed by atoms with Crippen LogP contribution in [0.15, 0.2) is 17.7 Å². The first-order valence-electron chi connectivity index (χ1n) is 5.30. The number of carbonyl (C=O) groups is 1. The van der Waals surface area contributed by atoms with Crippen LogP contribution in [0, 0.1) is 6.08 Å². The predicted octanol–water partition coefficient (Wildman–Crippen LogP) is -2.41. The van der Waals surface area contributed by atoms with Crippen LogP contribution in [-0.2, 0) is 31.0 Å². The molecule has 1 aliphatic carbocycles. The first-order valence-corrected chi connectivity index (χ1v) is 7.61. The molecule has 18 heavy (non-hydrogen) atoms. The Balaban J connectivity index is -0.0000000455. The number of nitrogens with one attached hydrogen (secondary N) is 1. The van der Waals surface area contributed by atoms with Gasteiger partial charge >= 0.3 is 26.2 Å². The second kappa shape index (κ2) is 26.2. The van der Waals surface area contributed by atoms with Crippen LogP contribution in [0.5, 0.6) is 0 Å². The number of carbonyl (C=O) groups excluding carboxylic acids is 1. The van der Waals surface area contributed by atoms with E-state index in [0.717, 1.165) is 22.4 Å². The number of halogens is 2. The number of allylic oxidation sites excluding steroid dienone is 4. The minimum atomic E-state index is -0.461. The summed E-state index contributed by atoms with van der Waals surface area (Å²) in [6, 6.07) is 0. The van der Waals surface area contributed by atoms with Crippen LogP contribution in [0.2, 0.25) is 13.1 Å². The average molecular weight is 387 g/mol. The molecule has 1 radical (unpaired) electrons. The second-order valence-electron chi connectivity index (χ2n) is 3.25. The third-order valence-electron chi connectivity index (χ3n) is 1.35.